The number of benzene rings is 2. The second kappa shape index (κ2) is 9.00. The molecular weight excluding hydrogens is 367 g/mol. The molecule has 6 heteroatoms. The lowest BCUT2D eigenvalue weighted by Gasteiger charge is -2.32. The number of hydrogen-bond donors (Lipinski definition) is 1. The third-order valence-corrected chi connectivity index (χ3v) is 5.05. The molecule has 0 bridgehead atoms. The number of carbonyl (C=O) groups is 2. The van der Waals surface area contributed by atoms with Crippen molar-refractivity contribution in [2.45, 2.75) is 19.3 Å². The van der Waals surface area contributed by atoms with Crippen molar-refractivity contribution in [2.24, 2.45) is 5.92 Å². The van der Waals surface area contributed by atoms with Crippen LogP contribution in [0.4, 0.5) is 4.39 Å². The Balaban J connectivity index is 1.50. The molecule has 1 heterocycles. The van der Waals surface area contributed by atoms with E-state index in [9.17, 15) is 14.0 Å². The summed E-state index contributed by atoms with van der Waals surface area (Å²) < 4.78 is 13.0. The fourth-order valence-electron chi connectivity index (χ4n) is 3.28. The summed E-state index contributed by atoms with van der Waals surface area (Å²) in [7, 11) is 0. The highest BCUT2D eigenvalue weighted by molar-refractivity contribution is 6.30. The molecule has 1 aliphatic heterocycles. The molecule has 4 nitrogen and oxygen atoms in total. The molecule has 1 N–H and O–H groups in total. The average Bonchev–Trinajstić information content (AvgIpc) is 2.69. The second-order valence-corrected chi connectivity index (χ2v) is 7.20. The van der Waals surface area contributed by atoms with Gasteiger partial charge < -0.3 is 10.2 Å². The lowest BCUT2D eigenvalue weighted by atomic mass is 9.96. The van der Waals surface area contributed by atoms with Gasteiger partial charge in [0.05, 0.1) is 5.92 Å². The van der Waals surface area contributed by atoms with Crippen LogP contribution in [0.1, 0.15) is 28.8 Å². The Bertz CT molecular complexity index is 793. The zero-order valence-corrected chi connectivity index (χ0v) is 15.7. The van der Waals surface area contributed by atoms with Gasteiger partial charge in [-0.1, -0.05) is 23.7 Å². The summed E-state index contributed by atoms with van der Waals surface area (Å²) >= 11 is 5.87. The summed E-state index contributed by atoms with van der Waals surface area (Å²) in [5.41, 5.74) is 1.55. The van der Waals surface area contributed by atoms with Crippen LogP contribution < -0.4 is 5.32 Å². The molecule has 2 amide bonds. The van der Waals surface area contributed by atoms with Crippen molar-refractivity contribution in [3.8, 4) is 0 Å². The Hall–Kier alpha value is -2.40. The molecule has 0 radical (unpaired) electrons. The molecule has 1 saturated heterocycles. The van der Waals surface area contributed by atoms with Crippen molar-refractivity contribution in [3.05, 3.63) is 70.5 Å². The lowest BCUT2D eigenvalue weighted by molar-refractivity contribution is -0.126. The third kappa shape index (κ3) is 5.30. The predicted octanol–water partition coefficient (Wildman–Crippen LogP) is 3.69. The van der Waals surface area contributed by atoms with Crippen molar-refractivity contribution < 1.29 is 14.0 Å². The molecule has 3 rings (SSSR count). The maximum atomic E-state index is 13.0. The summed E-state index contributed by atoms with van der Waals surface area (Å²) in [6.45, 7) is 1.55. The lowest BCUT2D eigenvalue weighted by Crippen LogP contribution is -2.45. The molecule has 0 aromatic heterocycles. The fourth-order valence-corrected chi connectivity index (χ4v) is 3.40. The molecule has 1 fully saturated rings. The van der Waals surface area contributed by atoms with Gasteiger partial charge in [-0.05, 0) is 61.2 Å². The van der Waals surface area contributed by atoms with Gasteiger partial charge in [-0.3, -0.25) is 9.59 Å². The first kappa shape index (κ1) is 19.4. The summed E-state index contributed by atoms with van der Waals surface area (Å²) in [4.78, 5) is 26.7. The standard InChI is InChI=1S/C21H22ClFN2O2/c22-18-7-3-15(4-8-18)11-12-24-20(26)17-2-1-13-25(14-17)21(27)16-5-9-19(23)10-6-16/h3-10,17H,1-2,11-14H2,(H,24,26)/t17-/m1/s1. The molecule has 0 unspecified atom stereocenters. The van der Waals surface area contributed by atoms with Crippen molar-refractivity contribution in [2.75, 3.05) is 19.6 Å². The van der Waals surface area contributed by atoms with Gasteiger partial charge in [0.2, 0.25) is 5.91 Å². The first-order chi connectivity index (χ1) is 13.0. The van der Waals surface area contributed by atoms with Gasteiger partial charge in [0.15, 0.2) is 0 Å². The van der Waals surface area contributed by atoms with Gasteiger partial charge in [-0.15, -0.1) is 0 Å². The van der Waals surface area contributed by atoms with E-state index >= 15 is 0 Å². The largest absolute Gasteiger partial charge is 0.355 e. The van der Waals surface area contributed by atoms with Crippen molar-refractivity contribution >= 4 is 23.4 Å². The Labute approximate surface area is 163 Å². The van der Waals surface area contributed by atoms with Crippen LogP contribution in [0.15, 0.2) is 48.5 Å². The molecule has 27 heavy (non-hydrogen) atoms. The number of nitrogens with one attached hydrogen (secondary N) is 1. The number of carbonyl (C=O) groups excluding carboxylic acids is 2. The van der Waals surface area contributed by atoms with E-state index < -0.39 is 0 Å². The van der Waals surface area contributed by atoms with Gasteiger partial charge in [0, 0.05) is 30.2 Å². The van der Waals surface area contributed by atoms with Gasteiger partial charge >= 0.3 is 0 Å². The van der Waals surface area contributed by atoms with E-state index in [2.05, 4.69) is 5.32 Å². The number of amides is 2. The number of rotatable bonds is 5. The van der Waals surface area contributed by atoms with Crippen molar-refractivity contribution in [1.29, 1.82) is 0 Å². The van der Waals surface area contributed by atoms with E-state index in [1.54, 1.807) is 4.90 Å². The van der Waals surface area contributed by atoms with E-state index in [1.165, 1.54) is 24.3 Å². The van der Waals surface area contributed by atoms with E-state index in [4.69, 9.17) is 11.6 Å². The molecule has 2 aromatic rings. The van der Waals surface area contributed by atoms with Gasteiger partial charge in [-0.2, -0.15) is 0 Å². The summed E-state index contributed by atoms with van der Waals surface area (Å²) in [5, 5.41) is 3.65. The highest BCUT2D eigenvalue weighted by Crippen LogP contribution is 2.19. The Kier molecular flexibility index (Phi) is 6.45. The zero-order valence-electron chi connectivity index (χ0n) is 15.0. The second-order valence-electron chi connectivity index (χ2n) is 6.76. The van der Waals surface area contributed by atoms with Crippen LogP contribution in [0.2, 0.25) is 5.02 Å². The maximum absolute atomic E-state index is 13.0. The molecule has 1 atom stereocenters. The molecule has 0 spiro atoms. The highest BCUT2D eigenvalue weighted by Gasteiger charge is 2.28. The molecular formula is C21H22ClFN2O2. The Morgan fingerprint density at radius 2 is 1.81 bits per heavy atom. The minimum Gasteiger partial charge on any atom is -0.355 e. The number of hydrogen-bond acceptors (Lipinski definition) is 2. The number of nitrogens with zero attached hydrogens (tertiary/aromatic N) is 1. The minimum absolute atomic E-state index is 0.0273. The van der Waals surface area contributed by atoms with Crippen LogP contribution >= 0.6 is 11.6 Å². The van der Waals surface area contributed by atoms with Crippen molar-refractivity contribution in [1.82, 2.24) is 10.2 Å². The van der Waals surface area contributed by atoms with E-state index in [0.717, 1.165) is 24.8 Å². The van der Waals surface area contributed by atoms with Crippen LogP contribution in [0.25, 0.3) is 0 Å². The van der Waals surface area contributed by atoms with Gasteiger partial charge in [0.1, 0.15) is 5.82 Å². The monoisotopic (exact) mass is 388 g/mol. The van der Waals surface area contributed by atoms with Gasteiger partial charge in [-0.25, -0.2) is 4.39 Å². The molecule has 0 saturated carbocycles. The number of likely N-dealkylation sites (tertiary alicyclic amines) is 1. The first-order valence-electron chi connectivity index (χ1n) is 9.10. The van der Waals surface area contributed by atoms with Crippen LogP contribution in [0, 0.1) is 11.7 Å². The average molecular weight is 389 g/mol. The topological polar surface area (TPSA) is 49.4 Å². The van der Waals surface area contributed by atoms with Crippen LogP contribution in [-0.4, -0.2) is 36.3 Å². The maximum Gasteiger partial charge on any atom is 0.253 e. The molecule has 2 aromatic carbocycles. The SMILES string of the molecule is O=C(NCCc1ccc(Cl)cc1)[C@@H]1CCCN(C(=O)c2ccc(F)cc2)C1. The predicted molar refractivity (Wildman–Crippen MR) is 103 cm³/mol. The smallest absolute Gasteiger partial charge is 0.253 e. The molecule has 1 aliphatic rings. The molecule has 0 aliphatic carbocycles. The third-order valence-electron chi connectivity index (χ3n) is 4.80. The molecule has 142 valence electrons. The van der Waals surface area contributed by atoms with Crippen LogP contribution in [0.3, 0.4) is 0 Å². The van der Waals surface area contributed by atoms with Crippen molar-refractivity contribution in [3.63, 3.8) is 0 Å². The number of piperidine rings is 1. The Morgan fingerprint density at radius 1 is 1.11 bits per heavy atom. The zero-order chi connectivity index (χ0) is 19.2. The number of halogens is 2. The normalized spacial score (nSPS) is 16.8. The van der Waals surface area contributed by atoms with E-state index in [-0.39, 0.29) is 23.5 Å². The quantitative estimate of drug-likeness (QED) is 0.849. The van der Waals surface area contributed by atoms with E-state index in [1.807, 2.05) is 24.3 Å². The van der Waals surface area contributed by atoms with Crippen LogP contribution in [0.5, 0.6) is 0 Å². The minimum atomic E-state index is -0.372. The van der Waals surface area contributed by atoms with Gasteiger partial charge in [0.25, 0.3) is 5.91 Å². The summed E-state index contributed by atoms with van der Waals surface area (Å²) in [6, 6.07) is 13.1. The Morgan fingerprint density at radius 3 is 2.52 bits per heavy atom. The summed E-state index contributed by atoms with van der Waals surface area (Å²) in [6.07, 6.45) is 2.27. The summed E-state index contributed by atoms with van der Waals surface area (Å²) in [5.74, 6) is -0.772. The van der Waals surface area contributed by atoms with E-state index in [0.29, 0.717) is 30.2 Å². The fraction of sp³-hybridized carbons (Fsp3) is 0.333. The van der Waals surface area contributed by atoms with Crippen LogP contribution in [-0.2, 0) is 11.2 Å². The highest BCUT2D eigenvalue weighted by atomic mass is 35.5. The first-order valence-corrected chi connectivity index (χ1v) is 9.48.